The van der Waals surface area contributed by atoms with E-state index in [9.17, 15) is 9.90 Å². The van der Waals surface area contributed by atoms with Crippen LogP contribution in [0.15, 0.2) is 54.6 Å². The van der Waals surface area contributed by atoms with E-state index in [0.29, 0.717) is 5.02 Å². The van der Waals surface area contributed by atoms with Crippen LogP contribution in [-0.2, 0) is 11.2 Å². The van der Waals surface area contributed by atoms with Crippen molar-refractivity contribution in [1.82, 2.24) is 5.32 Å². The second-order valence-corrected chi connectivity index (χ2v) is 4.95. The van der Waals surface area contributed by atoms with E-state index in [0.717, 1.165) is 11.1 Å². The van der Waals surface area contributed by atoms with Gasteiger partial charge in [-0.2, -0.15) is 0 Å². The lowest BCUT2D eigenvalue weighted by Gasteiger charge is -2.16. The molecule has 0 saturated heterocycles. The maximum absolute atomic E-state index is 12.0. The maximum Gasteiger partial charge on any atom is 0.224 e. The summed E-state index contributed by atoms with van der Waals surface area (Å²) in [5, 5.41) is 12.9. The monoisotopic (exact) mass is 289 g/mol. The van der Waals surface area contributed by atoms with Gasteiger partial charge in [-0.3, -0.25) is 4.79 Å². The predicted molar refractivity (Wildman–Crippen MR) is 79.6 cm³/mol. The van der Waals surface area contributed by atoms with Crippen LogP contribution in [0, 0.1) is 0 Å². The van der Waals surface area contributed by atoms with E-state index in [1.165, 1.54) is 0 Å². The number of benzene rings is 2. The molecule has 4 heteroatoms. The molecule has 0 aliphatic rings. The smallest absolute Gasteiger partial charge is 0.224 e. The highest BCUT2D eigenvalue weighted by Gasteiger charge is 2.13. The van der Waals surface area contributed by atoms with Gasteiger partial charge in [0.2, 0.25) is 5.91 Å². The second kappa shape index (κ2) is 7.08. The van der Waals surface area contributed by atoms with Crippen LogP contribution in [-0.4, -0.2) is 17.6 Å². The molecule has 0 aliphatic carbocycles. The summed E-state index contributed by atoms with van der Waals surface area (Å²) in [6, 6.07) is 16.2. The van der Waals surface area contributed by atoms with Crippen LogP contribution >= 0.6 is 11.6 Å². The molecule has 3 nitrogen and oxygen atoms in total. The lowest BCUT2D eigenvalue weighted by molar-refractivity contribution is -0.121. The number of aliphatic hydroxyl groups excluding tert-OH is 1. The van der Waals surface area contributed by atoms with Crippen molar-refractivity contribution in [2.24, 2.45) is 0 Å². The summed E-state index contributed by atoms with van der Waals surface area (Å²) < 4.78 is 0. The SMILES string of the molecule is O=C(Cc1ccc(Cl)cc1)NC(CO)c1ccccc1. The van der Waals surface area contributed by atoms with Gasteiger partial charge in [0, 0.05) is 5.02 Å². The lowest BCUT2D eigenvalue weighted by Crippen LogP contribution is -2.31. The molecule has 0 aromatic heterocycles. The highest BCUT2D eigenvalue weighted by Crippen LogP contribution is 2.13. The normalized spacial score (nSPS) is 11.9. The summed E-state index contributed by atoms with van der Waals surface area (Å²) >= 11 is 5.80. The molecule has 104 valence electrons. The van der Waals surface area contributed by atoms with Gasteiger partial charge in [-0.1, -0.05) is 54.1 Å². The van der Waals surface area contributed by atoms with Crippen molar-refractivity contribution >= 4 is 17.5 Å². The average molecular weight is 290 g/mol. The minimum Gasteiger partial charge on any atom is -0.394 e. The number of hydrogen-bond acceptors (Lipinski definition) is 2. The molecule has 1 unspecified atom stereocenters. The largest absolute Gasteiger partial charge is 0.394 e. The Balaban J connectivity index is 1.97. The third kappa shape index (κ3) is 4.08. The van der Waals surface area contributed by atoms with Crippen molar-refractivity contribution in [3.63, 3.8) is 0 Å². The molecule has 2 aromatic rings. The van der Waals surface area contributed by atoms with Gasteiger partial charge in [0.05, 0.1) is 19.1 Å². The quantitative estimate of drug-likeness (QED) is 0.889. The average Bonchev–Trinajstić information content (AvgIpc) is 2.48. The second-order valence-electron chi connectivity index (χ2n) is 4.52. The van der Waals surface area contributed by atoms with Crippen molar-refractivity contribution in [2.45, 2.75) is 12.5 Å². The van der Waals surface area contributed by atoms with Gasteiger partial charge in [-0.05, 0) is 23.3 Å². The first-order valence-electron chi connectivity index (χ1n) is 6.38. The molecular formula is C16H16ClNO2. The highest BCUT2D eigenvalue weighted by molar-refractivity contribution is 6.30. The van der Waals surface area contributed by atoms with Gasteiger partial charge in [-0.15, -0.1) is 0 Å². The Labute approximate surface area is 123 Å². The molecule has 0 fully saturated rings. The summed E-state index contributed by atoms with van der Waals surface area (Å²) in [6.45, 7) is -0.129. The minimum absolute atomic E-state index is 0.129. The number of aliphatic hydroxyl groups is 1. The summed E-state index contributed by atoms with van der Waals surface area (Å²) in [5.41, 5.74) is 1.77. The van der Waals surface area contributed by atoms with Crippen LogP contribution in [0.3, 0.4) is 0 Å². The van der Waals surface area contributed by atoms with Gasteiger partial charge >= 0.3 is 0 Å². The van der Waals surface area contributed by atoms with Crippen LogP contribution in [0.5, 0.6) is 0 Å². The number of halogens is 1. The highest BCUT2D eigenvalue weighted by atomic mass is 35.5. The third-order valence-electron chi connectivity index (χ3n) is 3.00. The van der Waals surface area contributed by atoms with Crippen LogP contribution < -0.4 is 5.32 Å². The van der Waals surface area contributed by atoms with Crippen LogP contribution in [0.1, 0.15) is 17.2 Å². The molecule has 0 saturated carbocycles. The van der Waals surface area contributed by atoms with Gasteiger partial charge in [0.1, 0.15) is 0 Å². The molecule has 0 radical (unpaired) electrons. The molecule has 20 heavy (non-hydrogen) atoms. The zero-order valence-electron chi connectivity index (χ0n) is 10.9. The Morgan fingerprint density at radius 2 is 1.75 bits per heavy atom. The van der Waals surface area contributed by atoms with E-state index in [4.69, 9.17) is 11.6 Å². The fraction of sp³-hybridized carbons (Fsp3) is 0.188. The number of hydrogen-bond donors (Lipinski definition) is 2. The number of carbonyl (C=O) groups is 1. The van der Waals surface area contributed by atoms with Crippen molar-refractivity contribution in [3.8, 4) is 0 Å². The number of carbonyl (C=O) groups excluding carboxylic acids is 1. The molecule has 2 aromatic carbocycles. The summed E-state index contributed by atoms with van der Waals surface area (Å²) in [7, 11) is 0. The fourth-order valence-electron chi connectivity index (χ4n) is 1.95. The van der Waals surface area contributed by atoms with E-state index >= 15 is 0 Å². The molecule has 1 amide bonds. The first-order valence-corrected chi connectivity index (χ1v) is 6.76. The van der Waals surface area contributed by atoms with Gasteiger partial charge in [0.25, 0.3) is 0 Å². The van der Waals surface area contributed by atoms with E-state index in [1.807, 2.05) is 42.5 Å². The Morgan fingerprint density at radius 1 is 1.10 bits per heavy atom. The standard InChI is InChI=1S/C16H16ClNO2/c17-14-8-6-12(7-9-14)10-16(20)18-15(11-19)13-4-2-1-3-5-13/h1-9,15,19H,10-11H2,(H,18,20). The number of rotatable bonds is 5. The van der Waals surface area contributed by atoms with E-state index in [2.05, 4.69) is 5.32 Å². The first-order chi connectivity index (χ1) is 9.69. The number of amides is 1. The Hall–Kier alpha value is -1.84. The molecular weight excluding hydrogens is 274 g/mol. The topological polar surface area (TPSA) is 49.3 Å². The molecule has 0 aliphatic heterocycles. The third-order valence-corrected chi connectivity index (χ3v) is 3.25. The van der Waals surface area contributed by atoms with Crippen LogP contribution in [0.25, 0.3) is 0 Å². The molecule has 2 N–H and O–H groups in total. The minimum atomic E-state index is -0.379. The molecule has 0 bridgehead atoms. The summed E-state index contributed by atoms with van der Waals surface area (Å²) in [4.78, 5) is 12.0. The molecule has 0 heterocycles. The van der Waals surface area contributed by atoms with Crippen molar-refractivity contribution in [3.05, 3.63) is 70.7 Å². The van der Waals surface area contributed by atoms with E-state index < -0.39 is 0 Å². The predicted octanol–water partition coefficient (Wildman–Crippen LogP) is 2.73. The fourth-order valence-corrected chi connectivity index (χ4v) is 2.08. The van der Waals surface area contributed by atoms with Crippen molar-refractivity contribution < 1.29 is 9.90 Å². The first kappa shape index (κ1) is 14.6. The van der Waals surface area contributed by atoms with Gasteiger partial charge in [-0.25, -0.2) is 0 Å². The Morgan fingerprint density at radius 3 is 2.35 bits per heavy atom. The van der Waals surface area contributed by atoms with E-state index in [-0.39, 0.29) is 25.0 Å². The van der Waals surface area contributed by atoms with Crippen LogP contribution in [0.4, 0.5) is 0 Å². The van der Waals surface area contributed by atoms with Crippen molar-refractivity contribution in [2.75, 3.05) is 6.61 Å². The molecule has 2 rings (SSSR count). The van der Waals surface area contributed by atoms with Crippen LogP contribution in [0.2, 0.25) is 5.02 Å². The zero-order chi connectivity index (χ0) is 14.4. The maximum atomic E-state index is 12.0. The Bertz CT molecular complexity index is 554. The molecule has 0 spiro atoms. The lowest BCUT2D eigenvalue weighted by atomic mass is 10.1. The Kier molecular flexibility index (Phi) is 5.16. The molecule has 1 atom stereocenters. The van der Waals surface area contributed by atoms with Crippen molar-refractivity contribution in [1.29, 1.82) is 0 Å². The van der Waals surface area contributed by atoms with Gasteiger partial charge < -0.3 is 10.4 Å². The summed E-state index contributed by atoms with van der Waals surface area (Å²) in [6.07, 6.45) is 0.264. The van der Waals surface area contributed by atoms with E-state index in [1.54, 1.807) is 12.1 Å². The van der Waals surface area contributed by atoms with Gasteiger partial charge in [0.15, 0.2) is 0 Å². The zero-order valence-corrected chi connectivity index (χ0v) is 11.7. The summed E-state index contributed by atoms with van der Waals surface area (Å²) in [5.74, 6) is -0.129. The number of nitrogens with one attached hydrogen (secondary N) is 1.